The molecule has 1 N–H and O–H groups in total. The highest BCUT2D eigenvalue weighted by molar-refractivity contribution is 6.35. The van der Waals surface area contributed by atoms with Gasteiger partial charge in [-0.3, -0.25) is 9.59 Å². The van der Waals surface area contributed by atoms with Crippen molar-refractivity contribution >= 4 is 34.3 Å². The van der Waals surface area contributed by atoms with Crippen molar-refractivity contribution in [1.82, 2.24) is 5.32 Å². The second kappa shape index (κ2) is 8.48. The van der Waals surface area contributed by atoms with Crippen LogP contribution in [0.3, 0.4) is 0 Å². The van der Waals surface area contributed by atoms with E-state index in [0.717, 1.165) is 0 Å². The zero-order chi connectivity index (χ0) is 22.2. The minimum atomic E-state index is -0.752. The van der Waals surface area contributed by atoms with Gasteiger partial charge in [-0.25, -0.2) is 4.79 Å². The van der Waals surface area contributed by atoms with Gasteiger partial charge in [0.05, 0.1) is 28.5 Å². The van der Waals surface area contributed by atoms with Crippen molar-refractivity contribution in [3.63, 3.8) is 0 Å². The van der Waals surface area contributed by atoms with Gasteiger partial charge in [-0.2, -0.15) is 0 Å². The zero-order valence-electron chi connectivity index (χ0n) is 17.6. The smallest absolute Gasteiger partial charge is 0.336 e. The van der Waals surface area contributed by atoms with Crippen molar-refractivity contribution in [2.75, 3.05) is 6.61 Å². The van der Waals surface area contributed by atoms with Gasteiger partial charge in [0.25, 0.3) is 0 Å². The molecule has 158 valence electrons. The molecule has 1 unspecified atom stereocenters. The van der Waals surface area contributed by atoms with Gasteiger partial charge < -0.3 is 14.5 Å². The van der Waals surface area contributed by atoms with Crippen LogP contribution in [0.4, 0.5) is 0 Å². The molecular formula is C23H24ClNO5. The number of benzene rings is 1. The average Bonchev–Trinajstić information content (AvgIpc) is 2.64. The number of nitrogens with one attached hydrogen (secondary N) is 1. The Hall–Kier alpha value is -2.86. The Kier molecular flexibility index (Phi) is 6.17. The van der Waals surface area contributed by atoms with Gasteiger partial charge >= 0.3 is 5.97 Å². The lowest BCUT2D eigenvalue weighted by Gasteiger charge is -2.30. The van der Waals surface area contributed by atoms with Gasteiger partial charge in [0.1, 0.15) is 11.3 Å². The van der Waals surface area contributed by atoms with Crippen LogP contribution >= 0.6 is 11.6 Å². The summed E-state index contributed by atoms with van der Waals surface area (Å²) < 4.78 is 11.3. The van der Waals surface area contributed by atoms with Crippen LogP contribution in [0.15, 0.2) is 50.0 Å². The number of halogens is 1. The number of Topliss-reactive ketones (excluding diaryl/α,β-unsaturated/α-hetero) is 1. The summed E-state index contributed by atoms with van der Waals surface area (Å²) in [6, 6.07) is 4.65. The van der Waals surface area contributed by atoms with E-state index in [0.29, 0.717) is 40.3 Å². The van der Waals surface area contributed by atoms with Gasteiger partial charge in [0.2, 0.25) is 0 Å². The van der Waals surface area contributed by atoms with Crippen LogP contribution in [0.5, 0.6) is 0 Å². The lowest BCUT2D eigenvalue weighted by Crippen LogP contribution is -2.31. The summed E-state index contributed by atoms with van der Waals surface area (Å²) in [6.07, 6.45) is 0.669. The van der Waals surface area contributed by atoms with Crippen LogP contribution in [-0.2, 0) is 14.3 Å². The third kappa shape index (κ3) is 3.79. The zero-order valence-corrected chi connectivity index (χ0v) is 18.4. The summed E-state index contributed by atoms with van der Waals surface area (Å²) in [5.74, 6) is -1.06. The number of allylic oxidation sites excluding steroid dienone is 3. The number of hydrogen-bond acceptors (Lipinski definition) is 6. The molecule has 2 aromatic rings. The maximum Gasteiger partial charge on any atom is 0.336 e. The third-order valence-electron chi connectivity index (χ3n) is 5.09. The molecule has 0 fully saturated rings. The Balaban J connectivity index is 2.37. The van der Waals surface area contributed by atoms with E-state index in [-0.39, 0.29) is 33.8 Å². The molecule has 1 aliphatic rings. The minimum absolute atomic E-state index is 0.198. The monoisotopic (exact) mass is 429 g/mol. The molecule has 1 atom stereocenters. The molecule has 1 aromatic carbocycles. The number of rotatable bonds is 5. The number of fused-ring (bicyclic) bond motifs is 1. The van der Waals surface area contributed by atoms with Crippen LogP contribution in [0.2, 0.25) is 5.02 Å². The third-order valence-corrected chi connectivity index (χ3v) is 5.40. The highest BCUT2D eigenvalue weighted by atomic mass is 35.5. The summed E-state index contributed by atoms with van der Waals surface area (Å²) in [4.78, 5) is 38.2. The molecule has 3 rings (SSSR count). The van der Waals surface area contributed by atoms with E-state index in [2.05, 4.69) is 5.32 Å². The van der Waals surface area contributed by atoms with Crippen molar-refractivity contribution in [3.8, 4) is 0 Å². The fourth-order valence-corrected chi connectivity index (χ4v) is 4.15. The second-order valence-electron chi connectivity index (χ2n) is 7.39. The number of dihydropyridines is 1. The lowest BCUT2D eigenvalue weighted by molar-refractivity contribution is -0.139. The number of hydrogen-bond donors (Lipinski definition) is 1. The largest absolute Gasteiger partial charge is 0.462 e. The summed E-state index contributed by atoms with van der Waals surface area (Å²) in [7, 11) is 0. The SMILES string of the molecule is CCCOC(=O)C1=C(C)NC(C)=C(C(C)=O)C1c1ccc(Cl)c2c(=O)cc(C)oc12. The molecule has 2 heterocycles. The van der Waals surface area contributed by atoms with Crippen molar-refractivity contribution < 1.29 is 18.7 Å². The van der Waals surface area contributed by atoms with Gasteiger partial charge in [-0.1, -0.05) is 24.6 Å². The maximum absolute atomic E-state index is 13.0. The van der Waals surface area contributed by atoms with Crippen LogP contribution < -0.4 is 10.7 Å². The molecule has 30 heavy (non-hydrogen) atoms. The number of esters is 1. The highest BCUT2D eigenvalue weighted by Gasteiger charge is 2.37. The van der Waals surface area contributed by atoms with Crippen molar-refractivity contribution in [2.45, 2.75) is 47.0 Å². The lowest BCUT2D eigenvalue weighted by atomic mass is 9.78. The highest BCUT2D eigenvalue weighted by Crippen LogP contribution is 2.42. The van der Waals surface area contributed by atoms with Gasteiger partial charge in [0.15, 0.2) is 11.2 Å². The average molecular weight is 430 g/mol. The van der Waals surface area contributed by atoms with Crippen LogP contribution in [0.25, 0.3) is 11.0 Å². The Bertz CT molecular complexity index is 1170. The van der Waals surface area contributed by atoms with Crippen molar-refractivity contribution in [3.05, 3.63) is 67.3 Å². The first-order valence-corrected chi connectivity index (χ1v) is 10.1. The summed E-state index contributed by atoms with van der Waals surface area (Å²) in [6.45, 7) is 8.81. The predicted molar refractivity (Wildman–Crippen MR) is 115 cm³/mol. The molecule has 0 radical (unpaired) electrons. The molecule has 0 saturated carbocycles. The molecule has 7 heteroatoms. The molecule has 1 aliphatic heterocycles. The number of ether oxygens (including phenoxy) is 1. The molecule has 0 bridgehead atoms. The molecule has 1 aromatic heterocycles. The summed E-state index contributed by atoms with van der Waals surface area (Å²) >= 11 is 6.29. The number of carbonyl (C=O) groups is 2. The quantitative estimate of drug-likeness (QED) is 0.702. The molecule has 6 nitrogen and oxygen atoms in total. The second-order valence-corrected chi connectivity index (χ2v) is 7.80. The summed E-state index contributed by atoms with van der Waals surface area (Å²) in [5.41, 5.74) is 2.44. The molecule has 0 aliphatic carbocycles. The van der Waals surface area contributed by atoms with Gasteiger partial charge in [-0.05, 0) is 40.2 Å². The van der Waals surface area contributed by atoms with E-state index in [9.17, 15) is 14.4 Å². The normalized spacial score (nSPS) is 16.7. The van der Waals surface area contributed by atoms with Crippen LogP contribution in [0.1, 0.15) is 51.4 Å². The number of ketones is 1. The van der Waals surface area contributed by atoms with Gasteiger partial charge in [0, 0.05) is 28.6 Å². The molecule has 0 spiro atoms. The van der Waals surface area contributed by atoms with E-state index < -0.39 is 11.9 Å². The maximum atomic E-state index is 13.0. The first kappa shape index (κ1) is 21.8. The summed E-state index contributed by atoms with van der Waals surface area (Å²) in [5, 5.41) is 3.59. The molecular weight excluding hydrogens is 406 g/mol. The Morgan fingerprint density at radius 1 is 1.17 bits per heavy atom. The van der Waals surface area contributed by atoms with E-state index in [1.807, 2.05) is 6.92 Å². The Labute approximate surface area is 179 Å². The fourth-order valence-electron chi connectivity index (χ4n) is 3.90. The number of carbonyl (C=O) groups excluding carboxylic acids is 2. The van der Waals surface area contributed by atoms with Crippen LogP contribution in [0, 0.1) is 6.92 Å². The van der Waals surface area contributed by atoms with Gasteiger partial charge in [-0.15, -0.1) is 0 Å². The van der Waals surface area contributed by atoms with E-state index in [4.69, 9.17) is 20.8 Å². The first-order valence-electron chi connectivity index (χ1n) is 9.76. The van der Waals surface area contributed by atoms with Crippen LogP contribution in [-0.4, -0.2) is 18.4 Å². The predicted octanol–water partition coefficient (Wildman–Crippen LogP) is 4.53. The number of aryl methyl sites for hydroxylation is 1. The van der Waals surface area contributed by atoms with E-state index >= 15 is 0 Å². The Morgan fingerprint density at radius 2 is 1.83 bits per heavy atom. The van der Waals surface area contributed by atoms with E-state index in [1.54, 1.807) is 32.9 Å². The van der Waals surface area contributed by atoms with Crippen molar-refractivity contribution in [1.29, 1.82) is 0 Å². The first-order chi connectivity index (χ1) is 14.2. The Morgan fingerprint density at radius 3 is 2.47 bits per heavy atom. The van der Waals surface area contributed by atoms with E-state index in [1.165, 1.54) is 13.0 Å². The van der Waals surface area contributed by atoms with Crippen molar-refractivity contribution in [2.24, 2.45) is 0 Å². The molecule has 0 saturated heterocycles. The minimum Gasteiger partial charge on any atom is -0.462 e. The standard InChI is InChI=1S/C23H24ClNO5/c1-6-9-29-23(28)19-13(4)25-12(3)18(14(5)26)20(19)15-7-8-16(24)21-17(27)10-11(2)30-22(15)21/h7-8,10,20,25H,6,9H2,1-5H3. The topological polar surface area (TPSA) is 85.6 Å². The molecule has 0 amide bonds. The fraction of sp³-hybridized carbons (Fsp3) is 0.348.